The van der Waals surface area contributed by atoms with Crippen LogP contribution in [0.25, 0.3) is 0 Å². The molecule has 1 atom stereocenters. The SMILES string of the molecule is Cl.N#CC(CC(=O)NN)CC1CCCCC1. The molecule has 5 heteroatoms. The molecule has 0 radical (unpaired) electrons. The maximum Gasteiger partial charge on any atom is 0.235 e. The molecule has 0 aromatic carbocycles. The molecule has 92 valence electrons. The lowest BCUT2D eigenvalue weighted by atomic mass is 9.82. The summed E-state index contributed by atoms with van der Waals surface area (Å²) < 4.78 is 0. The van der Waals surface area contributed by atoms with Crippen LogP contribution in [0.1, 0.15) is 44.9 Å². The van der Waals surface area contributed by atoms with Crippen LogP contribution in [-0.4, -0.2) is 5.91 Å². The normalized spacial score (nSPS) is 18.0. The fourth-order valence-electron chi connectivity index (χ4n) is 2.29. The van der Waals surface area contributed by atoms with Crippen molar-refractivity contribution in [2.75, 3.05) is 0 Å². The van der Waals surface area contributed by atoms with Crippen molar-refractivity contribution >= 4 is 18.3 Å². The second-order valence-electron chi connectivity index (χ2n) is 4.34. The van der Waals surface area contributed by atoms with Crippen LogP contribution in [0.15, 0.2) is 0 Å². The number of hydrazine groups is 1. The Morgan fingerprint density at radius 2 is 2.06 bits per heavy atom. The van der Waals surface area contributed by atoms with Crippen molar-refractivity contribution in [2.24, 2.45) is 17.7 Å². The van der Waals surface area contributed by atoms with Gasteiger partial charge in [-0.3, -0.25) is 10.2 Å². The smallest absolute Gasteiger partial charge is 0.235 e. The Morgan fingerprint density at radius 1 is 1.44 bits per heavy atom. The van der Waals surface area contributed by atoms with E-state index >= 15 is 0 Å². The summed E-state index contributed by atoms with van der Waals surface area (Å²) in [6.45, 7) is 0. The average molecular weight is 246 g/mol. The summed E-state index contributed by atoms with van der Waals surface area (Å²) in [5.41, 5.74) is 2.08. The van der Waals surface area contributed by atoms with E-state index in [2.05, 4.69) is 11.5 Å². The van der Waals surface area contributed by atoms with Gasteiger partial charge in [0, 0.05) is 6.42 Å². The third kappa shape index (κ3) is 5.34. The molecule has 0 aromatic rings. The monoisotopic (exact) mass is 245 g/mol. The summed E-state index contributed by atoms with van der Waals surface area (Å²) >= 11 is 0. The molecular weight excluding hydrogens is 226 g/mol. The minimum atomic E-state index is -0.239. The summed E-state index contributed by atoms with van der Waals surface area (Å²) in [6.07, 6.45) is 7.37. The number of carbonyl (C=O) groups excluding carboxylic acids is 1. The lowest BCUT2D eigenvalue weighted by molar-refractivity contribution is -0.121. The summed E-state index contributed by atoms with van der Waals surface area (Å²) in [7, 11) is 0. The average Bonchev–Trinajstić information content (AvgIpc) is 2.29. The standard InChI is InChI=1S/C11H19N3O.ClH/c12-8-10(7-11(15)14-13)6-9-4-2-1-3-5-9;/h9-10H,1-7,13H2,(H,14,15);1H. The van der Waals surface area contributed by atoms with E-state index in [1.54, 1.807) is 0 Å². The molecule has 0 saturated heterocycles. The first-order valence-corrected chi connectivity index (χ1v) is 5.65. The minimum Gasteiger partial charge on any atom is -0.294 e. The summed E-state index contributed by atoms with van der Waals surface area (Å²) in [5.74, 6) is 5.22. The van der Waals surface area contributed by atoms with E-state index in [9.17, 15) is 4.79 Å². The van der Waals surface area contributed by atoms with Crippen LogP contribution in [0, 0.1) is 23.2 Å². The predicted molar refractivity (Wildman–Crippen MR) is 64.5 cm³/mol. The molecule has 16 heavy (non-hydrogen) atoms. The Kier molecular flexibility index (Phi) is 7.96. The topological polar surface area (TPSA) is 78.9 Å². The van der Waals surface area contributed by atoms with Gasteiger partial charge in [0.25, 0.3) is 0 Å². The number of nitriles is 1. The Balaban J connectivity index is 0.00000225. The highest BCUT2D eigenvalue weighted by atomic mass is 35.5. The van der Waals surface area contributed by atoms with Gasteiger partial charge in [0.1, 0.15) is 0 Å². The van der Waals surface area contributed by atoms with Gasteiger partial charge >= 0.3 is 0 Å². The quantitative estimate of drug-likeness (QED) is 0.451. The lowest BCUT2D eigenvalue weighted by Gasteiger charge is -2.23. The van der Waals surface area contributed by atoms with E-state index in [1.165, 1.54) is 32.1 Å². The Hall–Kier alpha value is -0.790. The molecule has 0 aliphatic heterocycles. The van der Waals surface area contributed by atoms with Crippen LogP contribution < -0.4 is 11.3 Å². The maximum absolute atomic E-state index is 11.0. The number of nitrogens with one attached hydrogen (secondary N) is 1. The number of nitrogens with two attached hydrogens (primary N) is 1. The number of hydrogen-bond acceptors (Lipinski definition) is 3. The van der Waals surface area contributed by atoms with Crippen LogP contribution in [0.3, 0.4) is 0 Å². The fraction of sp³-hybridized carbons (Fsp3) is 0.818. The van der Waals surface area contributed by atoms with Crippen molar-refractivity contribution in [3.63, 3.8) is 0 Å². The zero-order valence-corrected chi connectivity index (χ0v) is 10.3. The zero-order chi connectivity index (χ0) is 11.1. The molecular formula is C11H20ClN3O. The van der Waals surface area contributed by atoms with Gasteiger partial charge in [-0.15, -0.1) is 12.4 Å². The first-order chi connectivity index (χ1) is 7.26. The second-order valence-corrected chi connectivity index (χ2v) is 4.34. The summed E-state index contributed by atoms with van der Waals surface area (Å²) in [4.78, 5) is 11.0. The molecule has 1 unspecified atom stereocenters. The third-order valence-electron chi connectivity index (χ3n) is 3.12. The van der Waals surface area contributed by atoms with Crippen molar-refractivity contribution in [2.45, 2.75) is 44.9 Å². The van der Waals surface area contributed by atoms with E-state index < -0.39 is 0 Å². The summed E-state index contributed by atoms with van der Waals surface area (Å²) in [5, 5.41) is 8.93. The molecule has 3 N–H and O–H groups in total. The highest BCUT2D eigenvalue weighted by Crippen LogP contribution is 2.29. The van der Waals surface area contributed by atoms with Gasteiger partial charge in [-0.2, -0.15) is 5.26 Å². The third-order valence-corrected chi connectivity index (χ3v) is 3.12. The fourth-order valence-corrected chi connectivity index (χ4v) is 2.29. The van der Waals surface area contributed by atoms with Crippen LogP contribution in [0.2, 0.25) is 0 Å². The molecule has 1 fully saturated rings. The van der Waals surface area contributed by atoms with Crippen LogP contribution in [0.5, 0.6) is 0 Å². The highest BCUT2D eigenvalue weighted by molar-refractivity contribution is 5.85. The Bertz CT molecular complexity index is 246. The number of carbonyl (C=O) groups is 1. The highest BCUT2D eigenvalue weighted by Gasteiger charge is 2.20. The first-order valence-electron chi connectivity index (χ1n) is 5.65. The van der Waals surface area contributed by atoms with Crippen LogP contribution in [0.4, 0.5) is 0 Å². The van der Waals surface area contributed by atoms with Crippen molar-refractivity contribution < 1.29 is 4.79 Å². The predicted octanol–water partition coefficient (Wildman–Crippen LogP) is 1.90. The Labute approximate surface area is 103 Å². The second kappa shape index (κ2) is 8.37. The van der Waals surface area contributed by atoms with Gasteiger partial charge in [-0.25, -0.2) is 5.84 Å². The lowest BCUT2D eigenvalue weighted by Crippen LogP contribution is -2.31. The van der Waals surface area contributed by atoms with Crippen LogP contribution in [-0.2, 0) is 4.79 Å². The molecule has 1 rings (SSSR count). The van der Waals surface area contributed by atoms with E-state index in [0.717, 1.165) is 6.42 Å². The molecule has 1 aliphatic carbocycles. The minimum absolute atomic E-state index is 0. The van der Waals surface area contributed by atoms with Gasteiger partial charge in [-0.1, -0.05) is 32.1 Å². The van der Waals surface area contributed by atoms with Gasteiger partial charge in [0.05, 0.1) is 12.0 Å². The van der Waals surface area contributed by atoms with E-state index in [1.807, 2.05) is 0 Å². The first kappa shape index (κ1) is 15.2. The Morgan fingerprint density at radius 3 is 2.56 bits per heavy atom. The van der Waals surface area contributed by atoms with Crippen LogP contribution >= 0.6 is 12.4 Å². The number of nitrogens with zero attached hydrogens (tertiary/aromatic N) is 1. The van der Waals surface area contributed by atoms with Crippen molar-refractivity contribution in [3.8, 4) is 6.07 Å². The molecule has 0 aromatic heterocycles. The zero-order valence-electron chi connectivity index (χ0n) is 9.45. The van der Waals surface area contributed by atoms with Gasteiger partial charge in [0.2, 0.25) is 5.91 Å². The van der Waals surface area contributed by atoms with E-state index in [0.29, 0.717) is 5.92 Å². The van der Waals surface area contributed by atoms with Gasteiger partial charge in [-0.05, 0) is 12.3 Å². The van der Waals surface area contributed by atoms with Gasteiger partial charge < -0.3 is 0 Å². The molecule has 4 nitrogen and oxygen atoms in total. The number of rotatable bonds is 4. The van der Waals surface area contributed by atoms with Crippen molar-refractivity contribution in [1.29, 1.82) is 5.26 Å². The summed E-state index contributed by atoms with van der Waals surface area (Å²) in [6, 6.07) is 2.20. The van der Waals surface area contributed by atoms with Gasteiger partial charge in [0.15, 0.2) is 0 Å². The largest absolute Gasteiger partial charge is 0.294 e. The molecule has 0 heterocycles. The number of amides is 1. The van der Waals surface area contributed by atoms with Crippen molar-refractivity contribution in [1.82, 2.24) is 5.43 Å². The molecule has 1 amide bonds. The molecule has 1 aliphatic rings. The molecule has 0 bridgehead atoms. The molecule has 1 saturated carbocycles. The number of hydrogen-bond donors (Lipinski definition) is 2. The van der Waals surface area contributed by atoms with Crippen molar-refractivity contribution in [3.05, 3.63) is 0 Å². The maximum atomic E-state index is 11.0. The number of halogens is 1. The van der Waals surface area contributed by atoms with E-state index in [-0.39, 0.29) is 30.7 Å². The molecule has 0 spiro atoms. The van der Waals surface area contributed by atoms with E-state index in [4.69, 9.17) is 11.1 Å².